The molecule has 2 aromatic heterocycles. The number of anilines is 2. The molecule has 2 saturated heterocycles. The average molecular weight is 915 g/mol. The Labute approximate surface area is 376 Å². The van der Waals surface area contributed by atoms with Crippen LogP contribution in [0.1, 0.15) is 91.6 Å². The number of benzene rings is 2. The van der Waals surface area contributed by atoms with Crippen molar-refractivity contribution >= 4 is 93.0 Å². The molecule has 2 atom stereocenters. The first kappa shape index (κ1) is 44.9. The van der Waals surface area contributed by atoms with E-state index in [4.69, 9.17) is 11.6 Å². The van der Waals surface area contributed by atoms with E-state index in [1.165, 1.54) is 32.5 Å². The maximum Gasteiger partial charge on any atom is 0.319 e. The van der Waals surface area contributed by atoms with E-state index in [2.05, 4.69) is 45.3 Å². The van der Waals surface area contributed by atoms with Crippen molar-refractivity contribution in [3.05, 3.63) is 101 Å². The highest BCUT2D eigenvalue weighted by atomic mass is 35.5. The van der Waals surface area contributed by atoms with Crippen LogP contribution in [0.3, 0.4) is 0 Å². The molecule has 2 fully saturated rings. The van der Waals surface area contributed by atoms with Crippen molar-refractivity contribution in [1.29, 1.82) is 0 Å². The summed E-state index contributed by atoms with van der Waals surface area (Å²) in [6, 6.07) is 13.8. The van der Waals surface area contributed by atoms with Gasteiger partial charge in [0.25, 0.3) is 11.8 Å². The first-order chi connectivity index (χ1) is 30.1. The molecule has 63 heavy (non-hydrogen) atoms. The molecular weight excluding hydrogens is 868 g/mol. The highest BCUT2D eigenvalue weighted by Crippen LogP contribution is 2.35. The Morgan fingerprint density at radius 3 is 2.16 bits per heavy atom. The Morgan fingerprint density at radius 1 is 0.857 bits per heavy atom. The lowest BCUT2D eigenvalue weighted by molar-refractivity contribution is -0.138. The number of halogens is 1. The van der Waals surface area contributed by atoms with Crippen LogP contribution in [0.15, 0.2) is 53.9 Å². The summed E-state index contributed by atoms with van der Waals surface area (Å²) in [4.78, 5) is 104. The number of rotatable bonds is 11. The summed E-state index contributed by atoms with van der Waals surface area (Å²) in [5.41, 5.74) is 6.05. The van der Waals surface area contributed by atoms with Crippen molar-refractivity contribution in [3.63, 3.8) is 0 Å². The van der Waals surface area contributed by atoms with Crippen LogP contribution in [0.2, 0.25) is 5.02 Å². The average Bonchev–Trinajstić information content (AvgIpc) is 4.00. The van der Waals surface area contributed by atoms with Gasteiger partial charge in [0.05, 0.1) is 22.7 Å². The number of carbonyl (C=O) groups excluding carboxylic acids is 8. The van der Waals surface area contributed by atoms with Crippen molar-refractivity contribution in [2.45, 2.75) is 97.2 Å². The summed E-state index contributed by atoms with van der Waals surface area (Å²) < 4.78 is 0. The summed E-state index contributed by atoms with van der Waals surface area (Å²) in [6.45, 7) is 7.34. The summed E-state index contributed by atoms with van der Waals surface area (Å²) in [7, 11) is 2.00. The molecule has 0 aliphatic carbocycles. The fourth-order valence-electron chi connectivity index (χ4n) is 7.64. The van der Waals surface area contributed by atoms with Gasteiger partial charge in [-0.1, -0.05) is 29.8 Å². The van der Waals surface area contributed by atoms with Gasteiger partial charge in [0.2, 0.25) is 29.5 Å². The van der Waals surface area contributed by atoms with Crippen LogP contribution in [-0.4, -0.2) is 82.4 Å². The van der Waals surface area contributed by atoms with E-state index in [1.807, 2.05) is 61.8 Å². The number of carbonyl (C=O) groups is 8. The van der Waals surface area contributed by atoms with E-state index in [0.717, 1.165) is 38.4 Å². The lowest BCUT2D eigenvalue weighted by Crippen LogP contribution is -2.52. The standard InChI is InChI=1S/C23H27N5O4S.C21H20ClN3O4S/c1-13(2)27(3)16-6-4-5-15(10-16)25-23(32)24-11-17-9-14-12-28(22(31)20(14)33-17)18-7-8-19(29)26-21(18)30;1-11-2-3-12(6-15(11)22)7-18(27)23-8-13-10-30-19-14(13)9-25(21(19)29)16-4-5-17(26)24-20(16)28/h4-6,9-10,13,18H,7-8,11-12H2,1-3H3,(H2,24,25,32)(H,26,29,30);2-3,6,10,16H,4-5,7-9H2,1H3,(H,23,27)(H,24,26,28). The second-order valence-electron chi connectivity index (χ2n) is 16.0. The Morgan fingerprint density at radius 2 is 1.52 bits per heavy atom. The number of nitrogens with one attached hydrogen (secondary N) is 5. The van der Waals surface area contributed by atoms with Gasteiger partial charge in [-0.2, -0.15) is 0 Å². The minimum Gasteiger partial charge on any atom is -0.372 e. The van der Waals surface area contributed by atoms with E-state index >= 15 is 0 Å². The third-order valence-corrected chi connectivity index (χ3v) is 14.0. The predicted octanol–water partition coefficient (Wildman–Crippen LogP) is 5.01. The van der Waals surface area contributed by atoms with Crippen LogP contribution >= 0.6 is 34.3 Å². The van der Waals surface area contributed by atoms with E-state index in [-0.39, 0.29) is 54.8 Å². The molecule has 8 rings (SSSR count). The molecule has 6 heterocycles. The van der Waals surface area contributed by atoms with Crippen molar-refractivity contribution in [1.82, 2.24) is 31.1 Å². The van der Waals surface area contributed by atoms with Crippen LogP contribution in [0.4, 0.5) is 16.2 Å². The second-order valence-corrected chi connectivity index (χ2v) is 18.5. The first-order valence-electron chi connectivity index (χ1n) is 20.5. The van der Waals surface area contributed by atoms with E-state index in [0.29, 0.717) is 65.5 Å². The number of piperidine rings is 2. The zero-order valence-electron chi connectivity index (χ0n) is 35.1. The van der Waals surface area contributed by atoms with Crippen LogP contribution in [-0.2, 0) is 56.6 Å². The van der Waals surface area contributed by atoms with Gasteiger partial charge in [0, 0.05) is 72.4 Å². The lowest BCUT2D eigenvalue weighted by atomic mass is 10.0. The number of amides is 9. The fourth-order valence-corrected chi connectivity index (χ4v) is 9.96. The Kier molecular flexibility index (Phi) is 13.6. The van der Waals surface area contributed by atoms with Gasteiger partial charge < -0.3 is 30.7 Å². The van der Waals surface area contributed by atoms with Gasteiger partial charge in [-0.25, -0.2) is 4.79 Å². The molecule has 16 nitrogen and oxygen atoms in total. The SMILES string of the molecule is CC(C)N(C)c1cccc(NC(=O)NCc2cc3c(s2)C(=O)N(C2CCC(=O)NC2=O)C3)c1.Cc1ccc(CC(=O)NCc2csc3c2CN(C2CCC(=O)NC2=O)C3=O)cc1Cl. The van der Waals surface area contributed by atoms with Crippen LogP contribution in [0.25, 0.3) is 0 Å². The highest BCUT2D eigenvalue weighted by Gasteiger charge is 2.42. The van der Waals surface area contributed by atoms with Crippen LogP contribution < -0.4 is 31.5 Å². The summed E-state index contributed by atoms with van der Waals surface area (Å²) in [5.74, 6) is -2.00. The predicted molar refractivity (Wildman–Crippen MR) is 238 cm³/mol. The zero-order valence-corrected chi connectivity index (χ0v) is 37.5. The van der Waals surface area contributed by atoms with Gasteiger partial charge in [0.1, 0.15) is 12.1 Å². The molecular formula is C44H47ClN8O8S2. The quantitative estimate of drug-likeness (QED) is 0.128. The Bertz CT molecular complexity index is 2520. The number of hydrogen-bond donors (Lipinski definition) is 5. The van der Waals surface area contributed by atoms with Crippen molar-refractivity contribution in [3.8, 4) is 0 Å². The van der Waals surface area contributed by atoms with Gasteiger partial charge in [-0.3, -0.25) is 44.2 Å². The minimum atomic E-state index is -0.636. The number of thiophene rings is 2. The summed E-state index contributed by atoms with van der Waals surface area (Å²) in [6.07, 6.45) is 1.34. The van der Waals surface area contributed by atoms with Gasteiger partial charge in [0.15, 0.2) is 0 Å². The molecule has 330 valence electrons. The van der Waals surface area contributed by atoms with E-state index < -0.39 is 23.9 Å². The zero-order chi connectivity index (χ0) is 45.1. The third-order valence-electron chi connectivity index (χ3n) is 11.4. The normalized spacial score (nSPS) is 18.1. The number of imide groups is 2. The van der Waals surface area contributed by atoms with Crippen molar-refractivity contribution < 1.29 is 38.4 Å². The molecule has 0 spiro atoms. The Hall–Kier alpha value is -6.11. The minimum absolute atomic E-state index is 0.138. The lowest BCUT2D eigenvalue weighted by Gasteiger charge is -2.29. The van der Waals surface area contributed by atoms with Crippen molar-refractivity contribution in [2.24, 2.45) is 0 Å². The summed E-state index contributed by atoms with van der Waals surface area (Å²) in [5, 5.41) is 15.7. The molecule has 2 unspecified atom stereocenters. The number of nitrogens with zero attached hydrogens (tertiary/aromatic N) is 3. The number of hydrogen-bond acceptors (Lipinski definition) is 11. The number of urea groups is 1. The number of aryl methyl sites for hydroxylation is 1. The molecule has 0 saturated carbocycles. The maximum atomic E-state index is 12.8. The molecule has 0 bridgehead atoms. The van der Waals surface area contributed by atoms with E-state index in [9.17, 15) is 38.4 Å². The largest absolute Gasteiger partial charge is 0.372 e. The van der Waals surface area contributed by atoms with Crippen molar-refractivity contribution in [2.75, 3.05) is 17.3 Å². The first-order valence-corrected chi connectivity index (χ1v) is 22.5. The molecule has 4 aromatic rings. The second kappa shape index (κ2) is 19.1. The van der Waals surface area contributed by atoms with Crippen LogP contribution in [0, 0.1) is 6.92 Å². The van der Waals surface area contributed by atoms with Gasteiger partial charge in [-0.05, 0) is 91.6 Å². The highest BCUT2D eigenvalue weighted by molar-refractivity contribution is 7.14. The Balaban J connectivity index is 0.000000190. The molecule has 9 amide bonds. The topological polar surface area (TPSA) is 206 Å². The summed E-state index contributed by atoms with van der Waals surface area (Å²) >= 11 is 8.75. The molecule has 19 heteroatoms. The van der Waals surface area contributed by atoms with Gasteiger partial charge >= 0.3 is 6.03 Å². The smallest absolute Gasteiger partial charge is 0.319 e. The molecule has 4 aliphatic heterocycles. The van der Waals surface area contributed by atoms with E-state index in [1.54, 1.807) is 6.07 Å². The maximum absolute atomic E-state index is 12.8. The van der Waals surface area contributed by atoms with Crippen LogP contribution in [0.5, 0.6) is 0 Å². The molecule has 2 aromatic carbocycles. The van der Waals surface area contributed by atoms with Gasteiger partial charge in [-0.15, -0.1) is 22.7 Å². The molecule has 5 N–H and O–H groups in total. The third kappa shape index (κ3) is 10.2. The fraction of sp³-hybridized carbons (Fsp3) is 0.364. The monoisotopic (exact) mass is 914 g/mol. The molecule has 4 aliphatic rings. The number of fused-ring (bicyclic) bond motifs is 2. The molecule has 0 radical (unpaired) electrons.